The van der Waals surface area contributed by atoms with Gasteiger partial charge in [0.25, 0.3) is 0 Å². The first-order valence-electron chi connectivity index (χ1n) is 8.16. The molecule has 0 aliphatic carbocycles. The molecule has 0 amide bonds. The third-order valence-corrected chi connectivity index (χ3v) is 4.59. The van der Waals surface area contributed by atoms with Gasteiger partial charge in [-0.2, -0.15) is 0 Å². The highest BCUT2D eigenvalue weighted by Gasteiger charge is 2.05. The van der Waals surface area contributed by atoms with Crippen molar-refractivity contribution in [3.05, 3.63) is 51.9 Å². The molecule has 2 N–H and O–H groups in total. The molecule has 0 unspecified atom stereocenters. The maximum Gasteiger partial charge on any atom is 0.191 e. The first-order valence-corrected chi connectivity index (χ1v) is 8.98. The Hall–Kier alpha value is -1.35. The van der Waals surface area contributed by atoms with E-state index in [-0.39, 0.29) is 24.0 Å². The molecule has 0 atom stereocenters. The Labute approximate surface area is 171 Å². The number of furan rings is 1. The molecule has 0 saturated carbocycles. The van der Waals surface area contributed by atoms with Crippen molar-refractivity contribution in [2.75, 3.05) is 19.6 Å². The Balaban J connectivity index is 0.00000312. The number of aromatic nitrogens is 1. The van der Waals surface area contributed by atoms with E-state index in [2.05, 4.69) is 41.0 Å². The van der Waals surface area contributed by atoms with Gasteiger partial charge in [0.2, 0.25) is 0 Å². The molecule has 138 valence electrons. The molecule has 2 heterocycles. The lowest BCUT2D eigenvalue weighted by atomic mass is 10.3. The van der Waals surface area contributed by atoms with Gasteiger partial charge in [0.1, 0.15) is 5.76 Å². The standard InChI is InChI=1S/C18H26N4OS.HI/c1-13(2)12-21-18(19-9-7-16-6-5-11-23-16)20-10-8-17-22-14(3)15(4)24-17;/h5-6,11H,1,7-10,12H2,2-4H3,(H2,19,20,21);1H. The molecule has 0 bridgehead atoms. The number of rotatable bonds is 8. The van der Waals surface area contributed by atoms with Crippen molar-refractivity contribution in [1.29, 1.82) is 0 Å². The molecule has 2 rings (SSSR count). The summed E-state index contributed by atoms with van der Waals surface area (Å²) in [4.78, 5) is 10.4. The molecule has 0 radical (unpaired) electrons. The van der Waals surface area contributed by atoms with Gasteiger partial charge in [-0.1, -0.05) is 12.2 Å². The van der Waals surface area contributed by atoms with Crippen LogP contribution in [0.3, 0.4) is 0 Å². The smallest absolute Gasteiger partial charge is 0.191 e. The van der Waals surface area contributed by atoms with Crippen molar-refractivity contribution >= 4 is 41.3 Å². The van der Waals surface area contributed by atoms with Gasteiger partial charge >= 0.3 is 0 Å². The van der Waals surface area contributed by atoms with E-state index in [9.17, 15) is 0 Å². The second kappa shape index (κ2) is 11.3. The molecule has 25 heavy (non-hydrogen) atoms. The van der Waals surface area contributed by atoms with Gasteiger partial charge in [-0.15, -0.1) is 35.3 Å². The summed E-state index contributed by atoms with van der Waals surface area (Å²) in [5.74, 6) is 1.77. The van der Waals surface area contributed by atoms with Gasteiger partial charge in [-0.25, -0.2) is 9.98 Å². The summed E-state index contributed by atoms with van der Waals surface area (Å²) >= 11 is 1.76. The maximum absolute atomic E-state index is 5.34. The van der Waals surface area contributed by atoms with Gasteiger partial charge in [-0.05, 0) is 32.9 Å². The third kappa shape index (κ3) is 8.04. The highest BCUT2D eigenvalue weighted by atomic mass is 127. The lowest BCUT2D eigenvalue weighted by Crippen LogP contribution is -2.39. The van der Waals surface area contributed by atoms with E-state index in [4.69, 9.17) is 4.42 Å². The number of aryl methyl sites for hydroxylation is 2. The maximum atomic E-state index is 5.34. The number of nitrogens with one attached hydrogen (secondary N) is 2. The fourth-order valence-corrected chi connectivity index (χ4v) is 3.01. The van der Waals surface area contributed by atoms with Crippen molar-refractivity contribution in [2.24, 2.45) is 4.99 Å². The highest BCUT2D eigenvalue weighted by molar-refractivity contribution is 14.0. The molecule has 2 aromatic heterocycles. The van der Waals surface area contributed by atoms with Crippen molar-refractivity contribution in [3.8, 4) is 0 Å². The number of guanidine groups is 1. The van der Waals surface area contributed by atoms with Crippen LogP contribution in [0.1, 0.15) is 28.3 Å². The molecule has 0 aromatic carbocycles. The van der Waals surface area contributed by atoms with Gasteiger partial charge in [-0.3, -0.25) is 0 Å². The first-order chi connectivity index (χ1) is 11.5. The lowest BCUT2D eigenvalue weighted by molar-refractivity contribution is 0.507. The van der Waals surface area contributed by atoms with E-state index < -0.39 is 0 Å². The summed E-state index contributed by atoms with van der Waals surface area (Å²) in [5, 5.41) is 7.86. The minimum absolute atomic E-state index is 0. The van der Waals surface area contributed by atoms with Gasteiger partial charge in [0.05, 0.1) is 23.5 Å². The number of hydrogen-bond acceptors (Lipinski definition) is 4. The highest BCUT2D eigenvalue weighted by Crippen LogP contribution is 2.16. The topological polar surface area (TPSA) is 62.5 Å². The number of halogens is 1. The van der Waals surface area contributed by atoms with Crippen molar-refractivity contribution in [3.63, 3.8) is 0 Å². The first kappa shape index (κ1) is 21.7. The normalized spacial score (nSPS) is 11.1. The van der Waals surface area contributed by atoms with Gasteiger partial charge in [0, 0.05) is 30.8 Å². The zero-order valence-corrected chi connectivity index (χ0v) is 18.2. The number of aliphatic imine (C=N–C) groups is 1. The largest absolute Gasteiger partial charge is 0.469 e. The summed E-state index contributed by atoms with van der Waals surface area (Å²) in [6, 6.07) is 3.88. The fraction of sp³-hybridized carbons (Fsp3) is 0.444. The van der Waals surface area contributed by atoms with E-state index in [0.717, 1.165) is 53.9 Å². The number of hydrogen-bond donors (Lipinski definition) is 2. The Morgan fingerprint density at radius 3 is 2.56 bits per heavy atom. The van der Waals surface area contributed by atoms with Crippen LogP contribution in [-0.2, 0) is 12.8 Å². The second-order valence-corrected chi connectivity index (χ2v) is 7.09. The van der Waals surface area contributed by atoms with Crippen LogP contribution >= 0.6 is 35.3 Å². The fourth-order valence-electron chi connectivity index (χ4n) is 2.08. The zero-order valence-electron chi connectivity index (χ0n) is 15.1. The average molecular weight is 474 g/mol. The van der Waals surface area contributed by atoms with Crippen LogP contribution in [0.4, 0.5) is 0 Å². The van der Waals surface area contributed by atoms with Crippen molar-refractivity contribution in [1.82, 2.24) is 15.6 Å². The van der Waals surface area contributed by atoms with Crippen LogP contribution in [-0.4, -0.2) is 30.6 Å². The van der Waals surface area contributed by atoms with Gasteiger partial charge in [0.15, 0.2) is 5.96 Å². The molecule has 0 saturated heterocycles. The van der Waals surface area contributed by atoms with E-state index in [1.807, 2.05) is 19.1 Å². The van der Waals surface area contributed by atoms with Crippen molar-refractivity contribution < 1.29 is 4.42 Å². The minimum atomic E-state index is 0. The summed E-state index contributed by atoms with van der Waals surface area (Å²) in [7, 11) is 0. The van der Waals surface area contributed by atoms with E-state index in [1.165, 1.54) is 4.88 Å². The van der Waals surface area contributed by atoms with Crippen LogP contribution in [0, 0.1) is 13.8 Å². The van der Waals surface area contributed by atoms with Crippen LogP contribution in [0.2, 0.25) is 0 Å². The molecule has 0 aliphatic rings. The molecule has 0 aliphatic heterocycles. The summed E-state index contributed by atoms with van der Waals surface area (Å²) in [5.41, 5.74) is 2.16. The molecule has 0 fully saturated rings. The monoisotopic (exact) mass is 474 g/mol. The van der Waals surface area contributed by atoms with Crippen LogP contribution in [0.5, 0.6) is 0 Å². The predicted molar refractivity (Wildman–Crippen MR) is 116 cm³/mol. The molecule has 0 spiro atoms. The Morgan fingerprint density at radius 2 is 2.00 bits per heavy atom. The van der Waals surface area contributed by atoms with E-state index in [0.29, 0.717) is 6.54 Å². The van der Waals surface area contributed by atoms with E-state index >= 15 is 0 Å². The summed E-state index contributed by atoms with van der Waals surface area (Å²) in [6.45, 7) is 12.2. The molecule has 2 aromatic rings. The Bertz CT molecular complexity index is 660. The van der Waals surface area contributed by atoms with Crippen molar-refractivity contribution in [2.45, 2.75) is 33.6 Å². The van der Waals surface area contributed by atoms with Crippen LogP contribution < -0.4 is 10.6 Å². The average Bonchev–Trinajstić information content (AvgIpc) is 3.15. The SMILES string of the molecule is C=C(C)CN=C(NCCc1ccco1)NCCc1nc(C)c(C)s1.I. The summed E-state index contributed by atoms with van der Waals surface area (Å²) in [6.07, 6.45) is 3.42. The Morgan fingerprint density at radius 1 is 1.28 bits per heavy atom. The van der Waals surface area contributed by atoms with E-state index in [1.54, 1.807) is 17.6 Å². The molecule has 7 heteroatoms. The van der Waals surface area contributed by atoms with Crippen LogP contribution in [0.15, 0.2) is 40.0 Å². The quantitative estimate of drug-likeness (QED) is 0.264. The third-order valence-electron chi connectivity index (χ3n) is 3.46. The molecule has 5 nitrogen and oxygen atoms in total. The van der Waals surface area contributed by atoms with Crippen LogP contribution in [0.25, 0.3) is 0 Å². The van der Waals surface area contributed by atoms with Gasteiger partial charge < -0.3 is 15.1 Å². The Kier molecular flexibility index (Phi) is 9.81. The zero-order chi connectivity index (χ0) is 17.4. The molecular weight excluding hydrogens is 447 g/mol. The second-order valence-electron chi connectivity index (χ2n) is 5.80. The predicted octanol–water partition coefficient (Wildman–Crippen LogP) is 3.87. The summed E-state index contributed by atoms with van der Waals surface area (Å²) < 4.78 is 5.34. The lowest BCUT2D eigenvalue weighted by Gasteiger charge is -2.12. The minimum Gasteiger partial charge on any atom is -0.469 e. The molecular formula is C18H27IN4OS. The number of nitrogens with zero attached hydrogens (tertiary/aromatic N) is 2. The number of thiazole rings is 1.